The predicted molar refractivity (Wildman–Crippen MR) is 95.3 cm³/mol. The molecule has 0 aliphatic heterocycles. The average molecular weight is 378 g/mol. The van der Waals surface area contributed by atoms with Crippen molar-refractivity contribution < 1.29 is 24.1 Å². The molecule has 9 heteroatoms. The van der Waals surface area contributed by atoms with Crippen LogP contribution in [0.15, 0.2) is 22.2 Å². The lowest BCUT2D eigenvalue weighted by Gasteiger charge is -2.13. The number of carbonyl (C=O) groups is 1. The Hall–Kier alpha value is -2.68. The van der Waals surface area contributed by atoms with Gasteiger partial charge in [-0.15, -0.1) is 5.10 Å². The quantitative estimate of drug-likeness (QED) is 0.518. The average Bonchev–Trinajstić information content (AvgIpc) is 3.07. The molecule has 1 aromatic heterocycles. The summed E-state index contributed by atoms with van der Waals surface area (Å²) in [5.74, 6) is 0.645. The number of carboxylic acids is 1. The Balaban J connectivity index is 2.36. The van der Waals surface area contributed by atoms with Crippen molar-refractivity contribution in [3.05, 3.63) is 28.4 Å². The summed E-state index contributed by atoms with van der Waals surface area (Å²) in [6.45, 7) is 2.02. The Morgan fingerprint density at radius 3 is 2.38 bits per heavy atom. The molecule has 1 aromatic carbocycles. The van der Waals surface area contributed by atoms with E-state index in [0.717, 1.165) is 24.6 Å². The summed E-state index contributed by atoms with van der Waals surface area (Å²) in [5.41, 5.74) is 0.551. The number of carboxylic acid groups (broad SMARTS) is 1. The van der Waals surface area contributed by atoms with Crippen molar-refractivity contribution in [1.29, 1.82) is 0 Å². The molecule has 0 amide bonds. The van der Waals surface area contributed by atoms with Gasteiger partial charge >= 0.3 is 0 Å². The number of ether oxygens (including phenoxy) is 3. The number of rotatable bonds is 9. The van der Waals surface area contributed by atoms with E-state index in [1.54, 1.807) is 12.1 Å². The molecular formula is C17H20N3O5S-. The number of nitrogens with one attached hydrogen (secondary N) is 1. The van der Waals surface area contributed by atoms with E-state index in [1.165, 1.54) is 27.4 Å². The van der Waals surface area contributed by atoms with Crippen molar-refractivity contribution in [2.24, 2.45) is 0 Å². The maximum absolute atomic E-state index is 11.5. The number of carbonyl (C=O) groups excluding carboxylic acids is 1. The number of thioether (sulfide) groups is 1. The van der Waals surface area contributed by atoms with Crippen molar-refractivity contribution in [1.82, 2.24) is 15.2 Å². The monoisotopic (exact) mass is 378 g/mol. The Labute approximate surface area is 155 Å². The molecule has 1 N–H and O–H groups in total. The summed E-state index contributed by atoms with van der Waals surface area (Å²) in [6.07, 6.45) is 3.10. The highest BCUT2D eigenvalue weighted by Gasteiger charge is 2.14. The first kappa shape index (κ1) is 19.6. The zero-order valence-corrected chi connectivity index (χ0v) is 15.8. The molecule has 0 atom stereocenters. The molecule has 0 unspecified atom stereocenters. The maximum Gasteiger partial charge on any atom is 0.213 e. The number of aromatic amines is 1. The lowest BCUT2D eigenvalue weighted by Crippen LogP contribution is -2.23. The first-order valence-corrected chi connectivity index (χ1v) is 8.66. The topological polar surface area (TPSA) is 109 Å². The first-order valence-electron chi connectivity index (χ1n) is 7.84. The second-order valence-electron chi connectivity index (χ2n) is 5.17. The number of hydrogen-bond acceptors (Lipinski definition) is 8. The van der Waals surface area contributed by atoms with E-state index >= 15 is 0 Å². The molecule has 2 aromatic rings. The second-order valence-corrected chi connectivity index (χ2v) is 6.18. The highest BCUT2D eigenvalue weighted by molar-refractivity contribution is 8.04. The minimum absolute atomic E-state index is 0.0404. The Bertz CT molecular complexity index is 778. The van der Waals surface area contributed by atoms with Gasteiger partial charge in [0.15, 0.2) is 11.5 Å². The van der Waals surface area contributed by atoms with Gasteiger partial charge in [-0.1, -0.05) is 6.92 Å². The Morgan fingerprint density at radius 2 is 1.88 bits per heavy atom. The predicted octanol–water partition coefficient (Wildman–Crippen LogP) is 1.67. The van der Waals surface area contributed by atoms with Gasteiger partial charge in [0.25, 0.3) is 0 Å². The third kappa shape index (κ3) is 4.69. The molecule has 0 saturated carbocycles. The van der Waals surface area contributed by atoms with E-state index in [2.05, 4.69) is 15.2 Å². The van der Waals surface area contributed by atoms with E-state index in [0.29, 0.717) is 33.8 Å². The number of aromatic nitrogens is 3. The van der Waals surface area contributed by atoms with Gasteiger partial charge in [0.1, 0.15) is 5.82 Å². The van der Waals surface area contributed by atoms with E-state index in [-0.39, 0.29) is 4.91 Å². The van der Waals surface area contributed by atoms with Gasteiger partial charge in [0.2, 0.25) is 10.9 Å². The van der Waals surface area contributed by atoms with Crippen LogP contribution >= 0.6 is 11.8 Å². The molecule has 0 aliphatic rings. The molecule has 140 valence electrons. The second kappa shape index (κ2) is 9.14. The fourth-order valence-corrected chi connectivity index (χ4v) is 2.96. The van der Waals surface area contributed by atoms with Crippen LogP contribution in [0.1, 0.15) is 24.7 Å². The lowest BCUT2D eigenvalue weighted by atomic mass is 10.1. The molecular weight excluding hydrogens is 358 g/mol. The number of aryl methyl sites for hydroxylation is 1. The van der Waals surface area contributed by atoms with Crippen molar-refractivity contribution in [3.8, 4) is 17.2 Å². The maximum atomic E-state index is 11.5. The molecule has 1 heterocycles. The van der Waals surface area contributed by atoms with Crippen LogP contribution in [0.3, 0.4) is 0 Å². The minimum Gasteiger partial charge on any atom is -0.544 e. The van der Waals surface area contributed by atoms with E-state index < -0.39 is 5.97 Å². The SMILES string of the molecule is CCCc1nc(S/C(=C/c2cc(OC)c(OC)c(OC)c2)C(=O)[O-])n[nH]1. The summed E-state index contributed by atoms with van der Waals surface area (Å²) in [6, 6.07) is 3.29. The van der Waals surface area contributed by atoms with E-state index in [9.17, 15) is 9.90 Å². The summed E-state index contributed by atoms with van der Waals surface area (Å²) < 4.78 is 15.8. The van der Waals surface area contributed by atoms with Crippen LogP contribution in [-0.4, -0.2) is 42.5 Å². The Morgan fingerprint density at radius 1 is 1.23 bits per heavy atom. The van der Waals surface area contributed by atoms with Gasteiger partial charge in [0, 0.05) is 11.3 Å². The molecule has 26 heavy (non-hydrogen) atoms. The van der Waals surface area contributed by atoms with E-state index in [1.807, 2.05) is 6.92 Å². The van der Waals surface area contributed by atoms with Crippen molar-refractivity contribution in [2.45, 2.75) is 24.9 Å². The van der Waals surface area contributed by atoms with Crippen molar-refractivity contribution in [3.63, 3.8) is 0 Å². The zero-order chi connectivity index (χ0) is 19.1. The van der Waals surface area contributed by atoms with Gasteiger partial charge in [-0.05, 0) is 42.0 Å². The van der Waals surface area contributed by atoms with Gasteiger partial charge in [-0.3, -0.25) is 5.10 Å². The number of H-pyrrole nitrogens is 1. The normalized spacial score (nSPS) is 11.3. The van der Waals surface area contributed by atoms with Gasteiger partial charge in [0.05, 0.1) is 27.3 Å². The van der Waals surface area contributed by atoms with E-state index in [4.69, 9.17) is 14.2 Å². The number of nitrogens with zero attached hydrogens (tertiary/aromatic N) is 2. The van der Waals surface area contributed by atoms with Crippen LogP contribution in [0.4, 0.5) is 0 Å². The molecule has 0 radical (unpaired) electrons. The summed E-state index contributed by atoms with van der Waals surface area (Å²) >= 11 is 0.908. The van der Waals surface area contributed by atoms with Gasteiger partial charge < -0.3 is 24.1 Å². The number of benzene rings is 1. The number of methoxy groups -OCH3 is 3. The standard InChI is InChI=1S/C17H21N3O5S/c1-5-6-14-18-17(20-19-14)26-13(16(21)22)9-10-7-11(23-2)15(25-4)12(8-10)24-3/h7-9H,5-6H2,1-4H3,(H,21,22)(H,18,19,20)/p-1/b13-9+. The highest BCUT2D eigenvalue weighted by Crippen LogP contribution is 2.39. The summed E-state index contributed by atoms with van der Waals surface area (Å²) in [5, 5.41) is 18.6. The molecule has 0 bridgehead atoms. The molecule has 0 saturated heterocycles. The fraction of sp³-hybridized carbons (Fsp3) is 0.353. The smallest absolute Gasteiger partial charge is 0.213 e. The number of aliphatic carboxylic acids is 1. The molecule has 0 aliphatic carbocycles. The fourth-order valence-electron chi connectivity index (χ4n) is 2.24. The van der Waals surface area contributed by atoms with Gasteiger partial charge in [-0.2, -0.15) is 0 Å². The van der Waals surface area contributed by atoms with Crippen molar-refractivity contribution in [2.75, 3.05) is 21.3 Å². The molecule has 0 fully saturated rings. The van der Waals surface area contributed by atoms with Crippen LogP contribution < -0.4 is 19.3 Å². The third-order valence-electron chi connectivity index (χ3n) is 3.39. The molecule has 2 rings (SSSR count). The molecule has 8 nitrogen and oxygen atoms in total. The largest absolute Gasteiger partial charge is 0.544 e. The molecule has 0 spiro atoms. The van der Waals surface area contributed by atoms with Crippen LogP contribution in [0.25, 0.3) is 6.08 Å². The number of hydrogen-bond donors (Lipinski definition) is 1. The van der Waals surface area contributed by atoms with Crippen LogP contribution in [-0.2, 0) is 11.2 Å². The lowest BCUT2D eigenvalue weighted by molar-refractivity contribution is -0.297. The third-order valence-corrected chi connectivity index (χ3v) is 4.25. The van der Waals surface area contributed by atoms with Crippen molar-refractivity contribution >= 4 is 23.8 Å². The van der Waals surface area contributed by atoms with Crippen LogP contribution in [0.2, 0.25) is 0 Å². The highest BCUT2D eigenvalue weighted by atomic mass is 32.2. The van der Waals surface area contributed by atoms with Gasteiger partial charge in [-0.25, -0.2) is 4.98 Å². The first-order chi connectivity index (χ1) is 12.5. The minimum atomic E-state index is -1.33. The Kier molecular flexibility index (Phi) is 6.90. The summed E-state index contributed by atoms with van der Waals surface area (Å²) in [7, 11) is 4.47. The zero-order valence-electron chi connectivity index (χ0n) is 15.0. The van der Waals surface area contributed by atoms with Crippen LogP contribution in [0.5, 0.6) is 17.2 Å². The van der Waals surface area contributed by atoms with Crippen LogP contribution in [0, 0.1) is 0 Å². The summed E-state index contributed by atoms with van der Waals surface area (Å²) in [4.78, 5) is 15.7.